The molecular weight excluding hydrogens is 437 g/mol. The molecule has 2 nitrogen and oxygen atoms in total. The summed E-state index contributed by atoms with van der Waals surface area (Å²) in [6, 6.07) is 0. The van der Waals surface area contributed by atoms with Gasteiger partial charge in [0.25, 0.3) is 0 Å². The molecule has 0 amide bonds. The van der Waals surface area contributed by atoms with E-state index in [0.29, 0.717) is 12.8 Å². The summed E-state index contributed by atoms with van der Waals surface area (Å²) in [5.41, 5.74) is 10.1. The van der Waals surface area contributed by atoms with Gasteiger partial charge in [0.05, 0.1) is 0 Å². The quantitative estimate of drug-likeness (QED) is 0.442. The summed E-state index contributed by atoms with van der Waals surface area (Å²) >= 11 is 23.6. The molecule has 1 aliphatic carbocycles. The van der Waals surface area contributed by atoms with Gasteiger partial charge in [0, 0.05) is 21.1 Å². The minimum atomic E-state index is -1.50. The van der Waals surface area contributed by atoms with Crippen molar-refractivity contribution >= 4 is 46.4 Å². The summed E-state index contributed by atoms with van der Waals surface area (Å²) in [4.78, 5) is 0. The van der Waals surface area contributed by atoms with E-state index in [2.05, 4.69) is 0 Å². The van der Waals surface area contributed by atoms with Crippen LogP contribution >= 0.6 is 46.4 Å². The first-order valence-electron chi connectivity index (χ1n) is 3.54. The van der Waals surface area contributed by atoms with Crippen LogP contribution in [0.2, 0.25) is 0 Å². The van der Waals surface area contributed by atoms with Gasteiger partial charge in [-0.1, -0.05) is 46.4 Å². The van der Waals surface area contributed by atoms with Crippen molar-refractivity contribution in [3.8, 4) is 0 Å². The van der Waals surface area contributed by atoms with Crippen LogP contribution in [0.1, 0.15) is 19.3 Å². The summed E-state index contributed by atoms with van der Waals surface area (Å²) in [5, 5.41) is 0. The first-order chi connectivity index (χ1) is 5.21. The van der Waals surface area contributed by atoms with Gasteiger partial charge in [0.2, 0.25) is 0 Å². The van der Waals surface area contributed by atoms with Gasteiger partial charge in [0.15, 0.2) is 8.67 Å². The molecule has 1 rings (SSSR count). The van der Waals surface area contributed by atoms with Crippen molar-refractivity contribution in [2.75, 3.05) is 0 Å². The van der Waals surface area contributed by atoms with Crippen LogP contribution in [0.3, 0.4) is 0 Å². The van der Waals surface area contributed by atoms with Gasteiger partial charge in [-0.05, 0) is 19.3 Å². The molecule has 1 aliphatic rings. The summed E-state index contributed by atoms with van der Waals surface area (Å²) < 4.78 is -2.76. The van der Waals surface area contributed by atoms with Crippen molar-refractivity contribution in [2.24, 2.45) is 11.5 Å². The molecule has 4 N–H and O–H groups in total. The molecule has 0 saturated heterocycles. The Morgan fingerprint density at radius 3 is 1.69 bits per heavy atom. The van der Waals surface area contributed by atoms with Crippen LogP contribution in [0, 0.1) is 0 Å². The van der Waals surface area contributed by atoms with Gasteiger partial charge in [0.1, 0.15) is 5.66 Å². The average molecular weight is 447 g/mol. The molecule has 1 fully saturated rings. The van der Waals surface area contributed by atoms with Gasteiger partial charge in [-0.3, -0.25) is 0 Å². The number of alkyl halides is 4. The zero-order chi connectivity index (χ0) is 9.62. The molecule has 0 atom stereocenters. The molecule has 0 aliphatic heterocycles. The molecule has 7 heteroatoms. The first-order valence-corrected chi connectivity index (χ1v) is 5.05. The van der Waals surface area contributed by atoms with Crippen molar-refractivity contribution in [1.29, 1.82) is 0 Å². The normalized spacial score (nSPS) is 29.1. The number of hydrogen-bond acceptors (Lipinski definition) is 2. The fraction of sp³-hybridized carbons (Fsp3) is 1.00. The van der Waals surface area contributed by atoms with Crippen LogP contribution in [0.15, 0.2) is 0 Å². The second-order valence-electron chi connectivity index (χ2n) is 3.17. The monoisotopic (exact) mass is 445 g/mol. The number of nitrogens with two attached hydrogens (primary N) is 2. The van der Waals surface area contributed by atoms with Gasteiger partial charge in [-0.15, -0.1) is 0 Å². The van der Waals surface area contributed by atoms with Crippen LogP contribution in [-0.2, 0) is 21.1 Å². The molecule has 82 valence electrons. The Balaban J connectivity index is 0.00000144. The van der Waals surface area contributed by atoms with Gasteiger partial charge < -0.3 is 11.5 Å². The fourth-order valence-corrected chi connectivity index (χ4v) is 2.25. The Kier molecular flexibility index (Phi) is 4.92. The third-order valence-corrected chi connectivity index (χ3v) is 4.81. The molecule has 0 aromatic carbocycles. The summed E-state index contributed by atoms with van der Waals surface area (Å²) in [6.07, 6.45) is 1.74. The molecule has 0 radical (unpaired) electrons. The van der Waals surface area contributed by atoms with Gasteiger partial charge in [-0.2, -0.15) is 0 Å². The van der Waals surface area contributed by atoms with E-state index in [9.17, 15) is 0 Å². The molecule has 0 spiro atoms. The first kappa shape index (κ1) is 14.8. The Hall–Kier alpha value is 1.77. The Bertz CT molecular complexity index is 177. The minimum Gasteiger partial charge on any atom is -0.311 e. The minimum absolute atomic E-state index is 0. The molecular formula is C6H10Cl4N2Pt. The van der Waals surface area contributed by atoms with Crippen molar-refractivity contribution in [3.63, 3.8) is 0 Å². The van der Waals surface area contributed by atoms with E-state index in [-0.39, 0.29) is 21.1 Å². The van der Waals surface area contributed by atoms with Crippen LogP contribution in [0.5, 0.6) is 0 Å². The molecule has 13 heavy (non-hydrogen) atoms. The van der Waals surface area contributed by atoms with Crippen LogP contribution < -0.4 is 11.5 Å². The predicted octanol–water partition coefficient (Wildman–Crippen LogP) is 2.13. The smallest absolute Gasteiger partial charge is 0.181 e. The van der Waals surface area contributed by atoms with E-state index in [1.165, 1.54) is 0 Å². The molecule has 0 aromatic heterocycles. The number of hydrogen-bond donors (Lipinski definition) is 2. The van der Waals surface area contributed by atoms with Crippen molar-refractivity contribution < 1.29 is 21.1 Å². The maximum Gasteiger partial charge on any atom is 0.181 e. The van der Waals surface area contributed by atoms with Gasteiger partial charge >= 0.3 is 0 Å². The number of rotatable bonds is 0. The van der Waals surface area contributed by atoms with E-state index in [1.54, 1.807) is 0 Å². The van der Waals surface area contributed by atoms with Crippen LogP contribution in [0.25, 0.3) is 0 Å². The molecule has 0 bridgehead atoms. The largest absolute Gasteiger partial charge is 0.311 e. The van der Waals surface area contributed by atoms with E-state index in [0.717, 1.165) is 6.42 Å². The Labute approximate surface area is 112 Å². The summed E-state index contributed by atoms with van der Waals surface area (Å²) in [6.45, 7) is 0. The van der Waals surface area contributed by atoms with E-state index >= 15 is 0 Å². The molecule has 1 saturated carbocycles. The summed E-state index contributed by atoms with van der Waals surface area (Å²) in [5.74, 6) is 0. The number of halogens is 4. The SMILES string of the molecule is NC1(N)CCCC(Cl)(Cl)C1(Cl)Cl.[Pt]. The van der Waals surface area contributed by atoms with E-state index in [1.807, 2.05) is 0 Å². The van der Waals surface area contributed by atoms with Crippen LogP contribution in [-0.4, -0.2) is 14.3 Å². The predicted molar refractivity (Wildman–Crippen MR) is 53.8 cm³/mol. The van der Waals surface area contributed by atoms with Gasteiger partial charge in [-0.25, -0.2) is 0 Å². The van der Waals surface area contributed by atoms with Crippen LogP contribution in [0.4, 0.5) is 0 Å². The third-order valence-electron chi connectivity index (χ3n) is 2.13. The summed E-state index contributed by atoms with van der Waals surface area (Å²) in [7, 11) is 0. The van der Waals surface area contributed by atoms with Crippen molar-refractivity contribution in [1.82, 2.24) is 0 Å². The molecule has 0 aromatic rings. The third kappa shape index (κ3) is 2.47. The standard InChI is InChI=1S/C6H10Cl4N2.Pt/c7-4(8)2-1-3-5(11,12)6(4,9)10;/h1-3,11-12H2;. The molecule has 0 heterocycles. The van der Waals surface area contributed by atoms with Crippen molar-refractivity contribution in [2.45, 2.75) is 33.6 Å². The average Bonchev–Trinajstić information content (AvgIpc) is 1.83. The van der Waals surface area contributed by atoms with E-state index < -0.39 is 14.3 Å². The second-order valence-corrected chi connectivity index (χ2v) is 5.98. The van der Waals surface area contributed by atoms with E-state index in [4.69, 9.17) is 57.9 Å². The molecule has 0 unspecified atom stereocenters. The maximum absolute atomic E-state index is 5.91. The Morgan fingerprint density at radius 1 is 0.923 bits per heavy atom. The maximum atomic E-state index is 5.91. The zero-order valence-corrected chi connectivity index (χ0v) is 11.9. The second kappa shape index (κ2) is 4.33. The fourth-order valence-electron chi connectivity index (χ4n) is 1.26. The topological polar surface area (TPSA) is 52.0 Å². The zero-order valence-electron chi connectivity index (χ0n) is 6.60. The Morgan fingerprint density at radius 2 is 1.38 bits per heavy atom. The van der Waals surface area contributed by atoms with Crippen molar-refractivity contribution in [3.05, 3.63) is 0 Å².